The van der Waals surface area contributed by atoms with E-state index < -0.39 is 54.4 Å². The first kappa shape index (κ1) is 22.6. The van der Waals surface area contributed by atoms with E-state index in [1.165, 1.54) is 0 Å². The average molecular weight is 417 g/mol. The molecule has 14 heteroatoms. The largest absolute Gasteiger partial charge is 0.541 e. The van der Waals surface area contributed by atoms with Gasteiger partial charge in [-0.05, 0) is 24.3 Å². The fourth-order valence-electron chi connectivity index (χ4n) is 1.44. The van der Waals surface area contributed by atoms with E-state index in [1.807, 2.05) is 0 Å². The third-order valence-electron chi connectivity index (χ3n) is 2.88. The second kappa shape index (κ2) is 7.31. The average Bonchev–Trinajstić information content (AvgIpc) is 2.53. The number of benzene rings is 1. The van der Waals surface area contributed by atoms with Crippen LogP contribution in [0, 0.1) is 0 Å². The standard InChI is InChI=1S/C13H8F10O4/c14-8(15)11(18,19)13(22,23)10(16,17)5-26-6-1-3-7(4-2-6)27-12(20,21)9(24)25/h1-4,8H,5H2,(H,24,25)/p-1. The molecule has 0 radical (unpaired) electrons. The molecule has 0 atom stereocenters. The zero-order chi connectivity index (χ0) is 21.3. The topological polar surface area (TPSA) is 58.6 Å². The Labute approximate surface area is 143 Å². The van der Waals surface area contributed by atoms with Crippen LogP contribution in [0.25, 0.3) is 0 Å². The van der Waals surface area contributed by atoms with Crippen molar-refractivity contribution in [2.75, 3.05) is 6.61 Å². The molecule has 0 spiro atoms. The summed E-state index contributed by atoms with van der Waals surface area (Å²) < 4.78 is 135. The monoisotopic (exact) mass is 417 g/mol. The van der Waals surface area contributed by atoms with E-state index in [4.69, 9.17) is 0 Å². The van der Waals surface area contributed by atoms with Crippen molar-refractivity contribution in [2.24, 2.45) is 0 Å². The molecule has 0 bridgehead atoms. The first-order valence-corrected chi connectivity index (χ1v) is 6.47. The van der Waals surface area contributed by atoms with Crippen molar-refractivity contribution in [1.29, 1.82) is 0 Å². The summed E-state index contributed by atoms with van der Waals surface area (Å²) in [5.41, 5.74) is 0. The lowest BCUT2D eigenvalue weighted by Gasteiger charge is -2.32. The number of carbonyl (C=O) groups is 1. The second-order valence-electron chi connectivity index (χ2n) is 4.87. The molecule has 0 N–H and O–H groups in total. The van der Waals surface area contributed by atoms with Gasteiger partial charge in [0.1, 0.15) is 11.5 Å². The summed E-state index contributed by atoms with van der Waals surface area (Å²) in [5, 5.41) is 10.0. The predicted molar refractivity (Wildman–Crippen MR) is 63.4 cm³/mol. The van der Waals surface area contributed by atoms with Gasteiger partial charge in [-0.25, -0.2) is 8.78 Å². The molecule has 1 aromatic carbocycles. The van der Waals surface area contributed by atoms with Gasteiger partial charge in [-0.3, -0.25) is 0 Å². The molecule has 0 aliphatic carbocycles. The number of rotatable bonds is 9. The van der Waals surface area contributed by atoms with Crippen LogP contribution in [0.1, 0.15) is 0 Å². The van der Waals surface area contributed by atoms with Gasteiger partial charge in [-0.1, -0.05) is 0 Å². The Bertz CT molecular complexity index is 660. The molecule has 1 rings (SSSR count). The second-order valence-corrected chi connectivity index (χ2v) is 4.87. The number of ether oxygens (including phenoxy) is 2. The number of hydrogen-bond acceptors (Lipinski definition) is 4. The van der Waals surface area contributed by atoms with Crippen LogP contribution in [0.15, 0.2) is 24.3 Å². The fraction of sp³-hybridized carbons (Fsp3) is 0.462. The fourth-order valence-corrected chi connectivity index (χ4v) is 1.44. The summed E-state index contributed by atoms with van der Waals surface area (Å²) in [5.74, 6) is -23.0. The maximum Gasteiger partial charge on any atom is 0.441 e. The molecule has 154 valence electrons. The first-order chi connectivity index (χ1) is 12.0. The van der Waals surface area contributed by atoms with E-state index in [0.717, 1.165) is 0 Å². The number of halogens is 10. The number of carbonyl (C=O) groups excluding carboxylic acids is 1. The Balaban J connectivity index is 2.84. The van der Waals surface area contributed by atoms with E-state index >= 15 is 0 Å². The molecule has 0 amide bonds. The number of alkyl halides is 10. The molecule has 27 heavy (non-hydrogen) atoms. The van der Waals surface area contributed by atoms with Gasteiger partial charge in [-0.15, -0.1) is 0 Å². The zero-order valence-electron chi connectivity index (χ0n) is 12.5. The maximum absolute atomic E-state index is 13.2. The molecule has 1 aromatic rings. The van der Waals surface area contributed by atoms with Gasteiger partial charge in [0, 0.05) is 0 Å². The summed E-state index contributed by atoms with van der Waals surface area (Å²) in [6, 6.07) is 2.19. The van der Waals surface area contributed by atoms with E-state index in [9.17, 15) is 53.8 Å². The molecule has 4 nitrogen and oxygen atoms in total. The van der Waals surface area contributed by atoms with Crippen molar-refractivity contribution >= 4 is 5.97 Å². The van der Waals surface area contributed by atoms with Crippen LogP contribution in [0.4, 0.5) is 43.9 Å². The molecule has 0 unspecified atom stereocenters. The summed E-state index contributed by atoms with van der Waals surface area (Å²) in [4.78, 5) is 10.0. The van der Waals surface area contributed by atoms with Crippen LogP contribution >= 0.6 is 0 Å². The van der Waals surface area contributed by atoms with Crippen molar-refractivity contribution in [2.45, 2.75) is 30.3 Å². The van der Waals surface area contributed by atoms with Crippen molar-refractivity contribution in [3.8, 4) is 11.5 Å². The van der Waals surface area contributed by atoms with Crippen LogP contribution in [0.2, 0.25) is 0 Å². The Morgan fingerprint density at radius 2 is 1.37 bits per heavy atom. The van der Waals surface area contributed by atoms with E-state index in [0.29, 0.717) is 24.3 Å². The summed E-state index contributed by atoms with van der Waals surface area (Å²) in [6.45, 7) is -2.46. The van der Waals surface area contributed by atoms with Crippen LogP contribution < -0.4 is 14.6 Å². The van der Waals surface area contributed by atoms with Gasteiger partial charge in [0.15, 0.2) is 12.6 Å². The van der Waals surface area contributed by atoms with Gasteiger partial charge >= 0.3 is 30.3 Å². The molecule has 0 aromatic heterocycles. The Morgan fingerprint density at radius 1 is 0.926 bits per heavy atom. The van der Waals surface area contributed by atoms with Gasteiger partial charge in [0.05, 0.1) is 0 Å². The highest BCUT2D eigenvalue weighted by Crippen LogP contribution is 2.48. The lowest BCUT2D eigenvalue weighted by Crippen LogP contribution is -2.59. The quantitative estimate of drug-likeness (QED) is 0.580. The van der Waals surface area contributed by atoms with E-state index in [2.05, 4.69) is 9.47 Å². The third kappa shape index (κ3) is 4.66. The first-order valence-electron chi connectivity index (χ1n) is 6.47. The predicted octanol–water partition coefficient (Wildman–Crippen LogP) is 2.96. The molecule has 0 aliphatic rings. The molecule has 0 fully saturated rings. The number of carboxylic acid groups (broad SMARTS) is 1. The number of carboxylic acids is 1. The maximum atomic E-state index is 13.2. The summed E-state index contributed by atoms with van der Waals surface area (Å²) in [7, 11) is 0. The summed E-state index contributed by atoms with van der Waals surface area (Å²) >= 11 is 0. The molecule has 0 saturated carbocycles. The molecular formula is C13H7F10O4-. The minimum Gasteiger partial charge on any atom is -0.541 e. The Kier molecular flexibility index (Phi) is 6.12. The molecular weight excluding hydrogens is 410 g/mol. The molecule has 0 saturated heterocycles. The van der Waals surface area contributed by atoms with Gasteiger partial charge < -0.3 is 19.4 Å². The Morgan fingerprint density at radius 3 is 1.78 bits per heavy atom. The number of aliphatic carboxylic acids is 1. The van der Waals surface area contributed by atoms with Gasteiger partial charge in [0.25, 0.3) is 0 Å². The van der Waals surface area contributed by atoms with Crippen molar-refractivity contribution in [1.82, 2.24) is 0 Å². The SMILES string of the molecule is O=C([O-])C(F)(F)Oc1ccc(OCC(F)(F)C(F)(F)C(F)(F)C(F)F)cc1. The van der Waals surface area contributed by atoms with Crippen LogP contribution in [-0.2, 0) is 4.79 Å². The van der Waals surface area contributed by atoms with Gasteiger partial charge in [0.2, 0.25) is 0 Å². The molecule has 0 heterocycles. The molecule has 0 aliphatic heterocycles. The van der Waals surface area contributed by atoms with Crippen molar-refractivity contribution < 1.29 is 63.3 Å². The van der Waals surface area contributed by atoms with E-state index in [1.54, 1.807) is 0 Å². The third-order valence-corrected chi connectivity index (χ3v) is 2.88. The summed E-state index contributed by atoms with van der Waals surface area (Å²) in [6.07, 6.45) is -9.83. The van der Waals surface area contributed by atoms with Gasteiger partial charge in [-0.2, -0.15) is 35.1 Å². The van der Waals surface area contributed by atoms with Crippen LogP contribution in [0.5, 0.6) is 11.5 Å². The lowest BCUT2D eigenvalue weighted by atomic mass is 10.1. The normalized spacial score (nSPS) is 13.6. The van der Waals surface area contributed by atoms with Crippen LogP contribution in [0.3, 0.4) is 0 Å². The van der Waals surface area contributed by atoms with Crippen molar-refractivity contribution in [3.63, 3.8) is 0 Å². The Hall–Kier alpha value is -2.41. The minimum atomic E-state index is -6.46. The lowest BCUT2D eigenvalue weighted by molar-refractivity contribution is -0.350. The van der Waals surface area contributed by atoms with Crippen LogP contribution in [-0.4, -0.2) is 42.9 Å². The smallest absolute Gasteiger partial charge is 0.441 e. The highest BCUT2D eigenvalue weighted by atomic mass is 19.4. The number of hydrogen-bond donors (Lipinski definition) is 0. The highest BCUT2D eigenvalue weighted by molar-refractivity contribution is 5.71. The van der Waals surface area contributed by atoms with Crippen molar-refractivity contribution in [3.05, 3.63) is 24.3 Å². The minimum absolute atomic E-state index is 0.538. The highest BCUT2D eigenvalue weighted by Gasteiger charge is 2.75. The van der Waals surface area contributed by atoms with E-state index in [-0.39, 0.29) is 0 Å². The zero-order valence-corrected chi connectivity index (χ0v) is 12.5.